The van der Waals surface area contributed by atoms with E-state index in [2.05, 4.69) is 67.4 Å². The number of hydrogen-bond acceptors (Lipinski definition) is 12. The van der Waals surface area contributed by atoms with Crippen molar-refractivity contribution in [3.05, 3.63) is 0 Å². The minimum absolute atomic E-state index is 0. The van der Waals surface area contributed by atoms with Crippen LogP contribution in [-0.4, -0.2) is 124 Å². The van der Waals surface area contributed by atoms with Crippen LogP contribution in [0.3, 0.4) is 0 Å². The monoisotopic (exact) mass is 1000 g/mol. The van der Waals surface area contributed by atoms with Crippen LogP contribution in [0.15, 0.2) is 0 Å². The van der Waals surface area contributed by atoms with E-state index in [1.165, 1.54) is 0 Å². The van der Waals surface area contributed by atoms with Crippen LogP contribution in [0.1, 0.15) is 148 Å². The van der Waals surface area contributed by atoms with Crippen molar-refractivity contribution >= 4 is 0 Å². The van der Waals surface area contributed by atoms with Gasteiger partial charge in [0.15, 0.2) is 17.4 Å². The molecular formula is C39H81N3O9Y3. The third kappa shape index (κ3) is 13.9. The molecule has 0 aromatic carbocycles. The van der Waals surface area contributed by atoms with Crippen molar-refractivity contribution in [3.8, 4) is 0 Å². The zero-order chi connectivity index (χ0) is 40.1. The molecule has 0 amide bonds. The number of hydrogen-bond donors (Lipinski definition) is 3. The Bertz CT molecular complexity index is 1060. The Morgan fingerprint density at radius 3 is 1.26 bits per heavy atom. The number of aliphatic hydroxyl groups is 3. The molecular weight excluding hydrogens is 921 g/mol. The number of rotatable bonds is 11. The van der Waals surface area contributed by atoms with Crippen molar-refractivity contribution in [1.29, 1.82) is 0 Å². The van der Waals surface area contributed by atoms with E-state index in [-0.39, 0.29) is 138 Å². The van der Waals surface area contributed by atoms with Crippen molar-refractivity contribution in [2.75, 3.05) is 42.7 Å². The molecule has 12 nitrogen and oxygen atoms in total. The van der Waals surface area contributed by atoms with Gasteiger partial charge in [0.25, 0.3) is 0 Å². The second-order valence-corrected chi connectivity index (χ2v) is 17.6. The molecule has 0 aromatic heterocycles. The van der Waals surface area contributed by atoms with Gasteiger partial charge in [0, 0.05) is 186 Å². The SMILES string of the molecule is CCC(C)C1C(C)C(O)(OC)CC(C)(CC)N1OC.CCC1(CC)CC(O)(OC)CC(C)(C)N1OC.CON1C(C)(C)CC(O)(OC)CC1(C)C.[Y].[Y].[Y]. The normalized spacial score (nSPS) is 33.2. The van der Waals surface area contributed by atoms with Gasteiger partial charge in [0.05, 0.1) is 26.9 Å². The Kier molecular flexibility index (Phi) is 27.0. The maximum atomic E-state index is 10.8. The van der Waals surface area contributed by atoms with Gasteiger partial charge in [-0.05, 0) is 73.6 Å². The molecule has 315 valence electrons. The predicted octanol–water partition coefficient (Wildman–Crippen LogP) is 6.65. The van der Waals surface area contributed by atoms with Crippen molar-refractivity contribution in [3.63, 3.8) is 0 Å². The van der Waals surface area contributed by atoms with Crippen molar-refractivity contribution in [1.82, 2.24) is 15.2 Å². The molecule has 3 fully saturated rings. The fourth-order valence-electron chi connectivity index (χ4n) is 9.89. The number of nitrogens with zero attached hydrogens (tertiary/aromatic N) is 3. The Morgan fingerprint density at radius 2 is 0.963 bits per heavy atom. The number of hydroxylamine groups is 6. The Balaban J connectivity index is -0.000000707. The molecule has 6 atom stereocenters. The summed E-state index contributed by atoms with van der Waals surface area (Å²) in [5, 5.41) is 37.7. The average molecular weight is 1000 g/mol. The van der Waals surface area contributed by atoms with Gasteiger partial charge in [-0.15, -0.1) is 0 Å². The third-order valence-electron chi connectivity index (χ3n) is 12.5. The van der Waals surface area contributed by atoms with Gasteiger partial charge in [0.1, 0.15) is 0 Å². The second-order valence-electron chi connectivity index (χ2n) is 17.6. The largest absolute Gasteiger partial charge is 0.365 e. The first-order valence-corrected chi connectivity index (χ1v) is 19.1. The van der Waals surface area contributed by atoms with E-state index in [1.807, 2.05) is 37.8 Å². The first-order chi connectivity index (χ1) is 23.2. The van der Waals surface area contributed by atoms with Crippen LogP contribution in [0, 0.1) is 11.8 Å². The summed E-state index contributed by atoms with van der Waals surface area (Å²) in [7, 11) is 9.83. The topological polar surface area (TPSA) is 126 Å². The van der Waals surface area contributed by atoms with Crippen LogP contribution in [-0.2, 0) is 127 Å². The molecule has 3 saturated heterocycles. The molecule has 0 spiro atoms. The molecule has 3 N–H and O–H groups in total. The molecule has 0 saturated carbocycles. The number of ether oxygens (including phenoxy) is 3. The van der Waals surface area contributed by atoms with E-state index in [9.17, 15) is 15.3 Å². The molecule has 0 bridgehead atoms. The zero-order valence-electron chi connectivity index (χ0n) is 38.0. The summed E-state index contributed by atoms with van der Waals surface area (Å²) >= 11 is 0. The molecule has 15 heteroatoms. The third-order valence-corrected chi connectivity index (χ3v) is 12.5. The van der Waals surface area contributed by atoms with Gasteiger partial charge >= 0.3 is 0 Å². The fourth-order valence-corrected chi connectivity index (χ4v) is 9.89. The van der Waals surface area contributed by atoms with E-state index in [1.54, 1.807) is 42.7 Å². The van der Waals surface area contributed by atoms with E-state index < -0.39 is 17.4 Å². The van der Waals surface area contributed by atoms with Crippen molar-refractivity contribution < 1.29 is 142 Å². The summed E-state index contributed by atoms with van der Waals surface area (Å²) in [4.78, 5) is 16.7. The maximum Gasteiger partial charge on any atom is 0.171 e. The first kappa shape index (κ1) is 61.1. The Hall–Kier alpha value is 2.83. The van der Waals surface area contributed by atoms with Gasteiger partial charge in [-0.3, -0.25) is 0 Å². The standard InChI is InChI=1S/C15H31NO3.C13H27NO3.C11H23NO3.3Y/c1-8-11(3)13-12(4)15(17,18-6)10-14(5,9-2)16(13)19-7;1-7-12(8-2)10-13(15,16-5)9-11(3,4)14(12)17-6;1-9(2)7-11(13,14-5)8-10(3,4)12(9)15-6;;;/h11-13,17H,8-10H2,1-7H3;15H,7-10H2,1-6H3;13H,7-8H2,1-6H3;;;. The van der Waals surface area contributed by atoms with Crippen LogP contribution in [0.25, 0.3) is 0 Å². The van der Waals surface area contributed by atoms with E-state index in [0.29, 0.717) is 38.0 Å². The summed E-state index contributed by atoms with van der Waals surface area (Å²) in [6, 6.07) is 0.152. The average Bonchev–Trinajstić information content (AvgIpc) is 3.04. The molecule has 0 aliphatic carbocycles. The van der Waals surface area contributed by atoms with Gasteiger partial charge in [-0.2, -0.15) is 15.2 Å². The van der Waals surface area contributed by atoms with E-state index in [4.69, 9.17) is 28.7 Å². The Labute approximate surface area is 406 Å². The number of methoxy groups -OCH3 is 3. The van der Waals surface area contributed by atoms with Crippen LogP contribution in [0.2, 0.25) is 0 Å². The minimum atomic E-state index is -1.08. The summed E-state index contributed by atoms with van der Waals surface area (Å²) in [6.07, 6.45) is 6.57. The molecule has 6 unspecified atom stereocenters. The molecule has 3 rings (SSSR count). The summed E-state index contributed by atoms with van der Waals surface area (Å²) in [5.74, 6) is -2.74. The smallest absolute Gasteiger partial charge is 0.171 e. The zero-order valence-corrected chi connectivity index (χ0v) is 46.5. The molecule has 3 radical (unpaired) electrons. The Morgan fingerprint density at radius 1 is 0.574 bits per heavy atom. The maximum absolute atomic E-state index is 10.8. The van der Waals surface area contributed by atoms with Crippen LogP contribution < -0.4 is 0 Å². The molecule has 3 heterocycles. The van der Waals surface area contributed by atoms with E-state index >= 15 is 0 Å². The van der Waals surface area contributed by atoms with Gasteiger partial charge in [0.2, 0.25) is 0 Å². The fraction of sp³-hybridized carbons (Fsp3) is 1.00. The molecule has 0 aromatic rings. The molecule has 3 aliphatic rings. The van der Waals surface area contributed by atoms with Crippen molar-refractivity contribution in [2.45, 2.75) is 199 Å². The van der Waals surface area contributed by atoms with Crippen LogP contribution in [0.5, 0.6) is 0 Å². The minimum Gasteiger partial charge on any atom is -0.365 e. The predicted molar refractivity (Wildman–Crippen MR) is 202 cm³/mol. The van der Waals surface area contributed by atoms with Crippen molar-refractivity contribution in [2.24, 2.45) is 11.8 Å². The van der Waals surface area contributed by atoms with E-state index in [0.717, 1.165) is 25.7 Å². The molecule has 54 heavy (non-hydrogen) atoms. The summed E-state index contributed by atoms with van der Waals surface area (Å²) in [5.41, 5.74) is -1.12. The van der Waals surface area contributed by atoms with Gasteiger partial charge < -0.3 is 44.0 Å². The number of piperidine rings is 3. The van der Waals surface area contributed by atoms with Crippen LogP contribution >= 0.6 is 0 Å². The molecule has 3 aliphatic heterocycles. The summed E-state index contributed by atoms with van der Waals surface area (Å²) < 4.78 is 16.0. The quantitative estimate of drug-likeness (QED) is 0.192. The summed E-state index contributed by atoms with van der Waals surface area (Å²) in [6.45, 7) is 27.3. The second kappa shape index (κ2) is 23.9. The first-order valence-electron chi connectivity index (χ1n) is 19.1. The van der Waals surface area contributed by atoms with Gasteiger partial charge in [-0.1, -0.05) is 48.0 Å². The van der Waals surface area contributed by atoms with Crippen LogP contribution in [0.4, 0.5) is 0 Å². The van der Waals surface area contributed by atoms with Gasteiger partial charge in [-0.25, -0.2) is 0 Å².